The smallest absolute Gasteiger partial charge is 0.228 e. The van der Waals surface area contributed by atoms with Crippen molar-refractivity contribution < 1.29 is 9.59 Å². The molecule has 5 nitrogen and oxygen atoms in total. The fourth-order valence-corrected chi connectivity index (χ4v) is 3.30. The first-order valence-corrected chi connectivity index (χ1v) is 7.68. The van der Waals surface area contributed by atoms with Gasteiger partial charge in [0.25, 0.3) is 0 Å². The minimum Gasteiger partial charge on any atom is -0.384 e. The highest BCUT2D eigenvalue weighted by atomic mass is 32.2. The van der Waals surface area contributed by atoms with Gasteiger partial charge in [-0.25, -0.2) is 0 Å². The van der Waals surface area contributed by atoms with E-state index in [1.807, 2.05) is 13.0 Å². The van der Waals surface area contributed by atoms with Gasteiger partial charge in [0.05, 0.1) is 23.0 Å². The predicted octanol–water partition coefficient (Wildman–Crippen LogP) is 2.38. The molecule has 6 heteroatoms. The summed E-state index contributed by atoms with van der Waals surface area (Å²) in [7, 11) is 0. The van der Waals surface area contributed by atoms with Gasteiger partial charge < -0.3 is 10.2 Å². The average molecular weight is 303 g/mol. The van der Waals surface area contributed by atoms with Crippen molar-refractivity contribution in [3.63, 3.8) is 0 Å². The topological polar surface area (TPSA) is 73.2 Å². The second-order valence-corrected chi connectivity index (χ2v) is 6.29. The van der Waals surface area contributed by atoms with E-state index in [0.717, 1.165) is 12.2 Å². The van der Waals surface area contributed by atoms with E-state index >= 15 is 0 Å². The number of rotatable bonds is 4. The molecule has 1 aliphatic heterocycles. The van der Waals surface area contributed by atoms with Crippen molar-refractivity contribution in [2.75, 3.05) is 23.3 Å². The van der Waals surface area contributed by atoms with Gasteiger partial charge in [-0.15, -0.1) is 0 Å². The van der Waals surface area contributed by atoms with Gasteiger partial charge >= 0.3 is 0 Å². The Kier molecular flexibility index (Phi) is 4.86. The molecule has 1 atom stereocenters. The molecule has 0 spiro atoms. The average Bonchev–Trinajstić information content (AvgIpc) is 2.79. The molecule has 0 bridgehead atoms. The zero-order valence-corrected chi connectivity index (χ0v) is 12.9. The van der Waals surface area contributed by atoms with Crippen molar-refractivity contribution in [1.82, 2.24) is 0 Å². The number of thioether (sulfide) groups is 1. The summed E-state index contributed by atoms with van der Waals surface area (Å²) in [6, 6.07) is 7.35. The number of carbonyl (C=O) groups is 2. The monoisotopic (exact) mass is 303 g/mol. The van der Waals surface area contributed by atoms with Crippen LogP contribution in [-0.4, -0.2) is 29.4 Å². The molecule has 1 unspecified atom stereocenters. The Hall–Kier alpha value is -2.00. The summed E-state index contributed by atoms with van der Waals surface area (Å²) in [4.78, 5) is 25.1. The maximum absolute atomic E-state index is 12.2. The maximum atomic E-state index is 12.2. The summed E-state index contributed by atoms with van der Waals surface area (Å²) in [5, 5.41) is 12.2. The standard InChI is InChI=1S/C15H17N3O2S/c1-3-17-13-5-4-11(8-16)6-14(13)18-9-12(7-15(18)20)21-10(2)19/h4-6,12,17H,3,7,9H2,1-2H3. The first-order valence-electron chi connectivity index (χ1n) is 6.80. The van der Waals surface area contributed by atoms with E-state index in [0.29, 0.717) is 24.2 Å². The fourth-order valence-electron chi connectivity index (χ4n) is 2.39. The first-order chi connectivity index (χ1) is 10.0. The SMILES string of the molecule is CCNc1ccc(C#N)cc1N1CC(SC(C)=O)CC1=O. The van der Waals surface area contributed by atoms with Gasteiger partial charge in [-0.1, -0.05) is 11.8 Å². The Morgan fingerprint density at radius 2 is 2.33 bits per heavy atom. The predicted molar refractivity (Wildman–Crippen MR) is 84.4 cm³/mol. The van der Waals surface area contributed by atoms with E-state index in [1.54, 1.807) is 17.0 Å². The molecular formula is C15H17N3O2S. The third-order valence-corrected chi connectivity index (χ3v) is 4.19. The molecule has 0 aromatic heterocycles. The van der Waals surface area contributed by atoms with Crippen molar-refractivity contribution >= 4 is 34.2 Å². The molecule has 1 saturated heterocycles. The zero-order chi connectivity index (χ0) is 15.4. The number of carbonyl (C=O) groups excluding carboxylic acids is 2. The number of nitrogens with zero attached hydrogens (tertiary/aromatic N) is 2. The maximum Gasteiger partial charge on any atom is 0.228 e. The molecular weight excluding hydrogens is 286 g/mol. The summed E-state index contributed by atoms with van der Waals surface area (Å²) < 4.78 is 0. The van der Waals surface area contributed by atoms with Crippen molar-refractivity contribution in [3.05, 3.63) is 23.8 Å². The van der Waals surface area contributed by atoms with Gasteiger partial charge in [0.15, 0.2) is 5.12 Å². The van der Waals surface area contributed by atoms with Gasteiger partial charge in [0.2, 0.25) is 5.91 Å². The second kappa shape index (κ2) is 6.64. The van der Waals surface area contributed by atoms with E-state index in [-0.39, 0.29) is 16.3 Å². The minimum absolute atomic E-state index is 0.0111. The quantitative estimate of drug-likeness (QED) is 0.924. The number of nitrogens with one attached hydrogen (secondary N) is 1. The van der Waals surface area contributed by atoms with Crippen LogP contribution in [0.5, 0.6) is 0 Å². The Bertz CT molecular complexity index is 609. The minimum atomic E-state index is -0.0183. The summed E-state index contributed by atoms with van der Waals surface area (Å²) in [6.45, 7) is 4.71. The van der Waals surface area contributed by atoms with E-state index < -0.39 is 0 Å². The highest BCUT2D eigenvalue weighted by Crippen LogP contribution is 2.34. The zero-order valence-electron chi connectivity index (χ0n) is 12.0. The summed E-state index contributed by atoms with van der Waals surface area (Å²) >= 11 is 1.21. The molecule has 1 aliphatic rings. The van der Waals surface area contributed by atoms with Crippen molar-refractivity contribution in [1.29, 1.82) is 5.26 Å². The van der Waals surface area contributed by atoms with Crippen LogP contribution in [0, 0.1) is 11.3 Å². The highest BCUT2D eigenvalue weighted by molar-refractivity contribution is 8.14. The van der Waals surface area contributed by atoms with Gasteiger partial charge in [0.1, 0.15) is 0 Å². The normalized spacial score (nSPS) is 17.7. The van der Waals surface area contributed by atoms with E-state index in [2.05, 4.69) is 11.4 Å². The lowest BCUT2D eigenvalue weighted by Gasteiger charge is -2.21. The molecule has 2 rings (SSSR count). The van der Waals surface area contributed by atoms with Crippen LogP contribution in [0.3, 0.4) is 0 Å². The number of hydrogen-bond acceptors (Lipinski definition) is 5. The van der Waals surface area contributed by atoms with E-state index in [4.69, 9.17) is 5.26 Å². The van der Waals surface area contributed by atoms with Crippen LogP contribution >= 0.6 is 11.8 Å². The molecule has 21 heavy (non-hydrogen) atoms. The van der Waals surface area contributed by atoms with Crippen LogP contribution in [0.1, 0.15) is 25.8 Å². The van der Waals surface area contributed by atoms with Crippen LogP contribution in [0.2, 0.25) is 0 Å². The molecule has 1 aromatic rings. The Labute approximate surface area is 128 Å². The largest absolute Gasteiger partial charge is 0.384 e. The van der Waals surface area contributed by atoms with Crippen molar-refractivity contribution in [2.45, 2.75) is 25.5 Å². The Balaban J connectivity index is 2.30. The summed E-state index contributed by atoms with van der Waals surface area (Å²) in [5.74, 6) is -0.0111. The molecule has 110 valence electrons. The second-order valence-electron chi connectivity index (χ2n) is 4.81. The van der Waals surface area contributed by atoms with Crippen LogP contribution in [0.4, 0.5) is 11.4 Å². The van der Waals surface area contributed by atoms with Crippen LogP contribution < -0.4 is 10.2 Å². The molecule has 1 amide bonds. The number of amides is 1. The number of benzene rings is 1. The van der Waals surface area contributed by atoms with Gasteiger partial charge in [-0.2, -0.15) is 5.26 Å². The van der Waals surface area contributed by atoms with Crippen LogP contribution in [-0.2, 0) is 9.59 Å². The van der Waals surface area contributed by atoms with Gasteiger partial charge in [-0.3, -0.25) is 9.59 Å². The molecule has 1 aromatic carbocycles. The first kappa shape index (κ1) is 15.4. The summed E-state index contributed by atoms with van der Waals surface area (Å²) in [6.07, 6.45) is 0.354. The third kappa shape index (κ3) is 3.56. The Morgan fingerprint density at radius 3 is 2.95 bits per heavy atom. The molecule has 1 fully saturated rings. The lowest BCUT2D eigenvalue weighted by molar-refractivity contribution is -0.117. The molecule has 1 N–H and O–H groups in total. The van der Waals surface area contributed by atoms with Crippen molar-refractivity contribution in [3.8, 4) is 6.07 Å². The van der Waals surface area contributed by atoms with Crippen LogP contribution in [0.15, 0.2) is 18.2 Å². The molecule has 0 radical (unpaired) electrons. The highest BCUT2D eigenvalue weighted by Gasteiger charge is 2.33. The molecule has 1 heterocycles. The lowest BCUT2D eigenvalue weighted by atomic mass is 10.1. The molecule has 0 aliphatic carbocycles. The Morgan fingerprint density at radius 1 is 1.57 bits per heavy atom. The van der Waals surface area contributed by atoms with E-state index in [1.165, 1.54) is 18.7 Å². The van der Waals surface area contributed by atoms with Crippen molar-refractivity contribution in [2.24, 2.45) is 0 Å². The van der Waals surface area contributed by atoms with Gasteiger partial charge in [0, 0.05) is 31.7 Å². The summed E-state index contributed by atoms with van der Waals surface area (Å²) in [5.41, 5.74) is 2.06. The number of hydrogen-bond donors (Lipinski definition) is 1. The number of anilines is 2. The molecule has 0 saturated carbocycles. The van der Waals surface area contributed by atoms with Gasteiger partial charge in [-0.05, 0) is 25.1 Å². The van der Waals surface area contributed by atoms with Crippen LogP contribution in [0.25, 0.3) is 0 Å². The lowest BCUT2D eigenvalue weighted by Crippen LogP contribution is -2.26. The van der Waals surface area contributed by atoms with E-state index in [9.17, 15) is 9.59 Å². The fraction of sp³-hybridized carbons (Fsp3) is 0.400. The number of nitriles is 1. The third-order valence-electron chi connectivity index (χ3n) is 3.21.